The van der Waals surface area contributed by atoms with Crippen molar-refractivity contribution in [1.29, 1.82) is 0 Å². The van der Waals surface area contributed by atoms with Gasteiger partial charge in [-0.1, -0.05) is 0 Å². The SMILES string of the molecule is CO[C@@H]1[C@@H](O)[C@H]2O[C@H]3[C@H](OC)[C@@H](O)[C@@H](O[C@H]4[C@H](OC)[C@@H](O)[C@@H](O[C@H]5[C@H](OC)[C@@H](O)[C@@H](O[C@H]6[C@H](OC)[C@@H](O)[C@@H](O[C@H]7[C@H](OC)[C@@H](O)[C@@H](O[C@@H]1[C@@H](CO)O2)O[C@@H]7CO)O[C@@H]6CO)O[C@@H]5CO)O[C@@H]4CO)O[C@@H]3CO. The lowest BCUT2D eigenvalue weighted by atomic mass is 9.94. The largest absolute Gasteiger partial charge is 0.394 e. The second-order valence-corrected chi connectivity index (χ2v) is 18.1. The van der Waals surface area contributed by atoms with Crippen LogP contribution in [0.25, 0.3) is 0 Å². The number of aliphatic hydroxyl groups is 12. The van der Waals surface area contributed by atoms with Crippen LogP contribution < -0.4 is 0 Å². The van der Waals surface area contributed by atoms with Crippen molar-refractivity contribution in [1.82, 2.24) is 0 Å². The van der Waals surface area contributed by atoms with Crippen molar-refractivity contribution in [3.8, 4) is 0 Å². The molecule has 22 aliphatic rings. The lowest BCUT2D eigenvalue weighted by Crippen LogP contribution is -2.69. The molecular formula is C42H72O30. The molecule has 0 aromatic carbocycles. The highest BCUT2D eigenvalue weighted by Crippen LogP contribution is 2.40. The quantitative estimate of drug-likeness (QED) is 0.0863. The Bertz CT molecular complexity index is 1330. The zero-order valence-electron chi connectivity index (χ0n) is 40.3. The minimum absolute atomic E-state index is 0.816. The monoisotopic (exact) mass is 1060 g/mol. The van der Waals surface area contributed by atoms with Gasteiger partial charge in [-0.2, -0.15) is 0 Å². The van der Waals surface area contributed by atoms with Crippen LogP contribution in [0.5, 0.6) is 0 Å². The lowest BCUT2D eigenvalue weighted by molar-refractivity contribution is -0.406. The van der Waals surface area contributed by atoms with Gasteiger partial charge in [0.25, 0.3) is 0 Å². The second-order valence-electron chi connectivity index (χ2n) is 18.1. The number of methoxy groups -OCH3 is 6. The average molecular weight is 1060 g/mol. The molecule has 22 fully saturated rings. The normalized spacial score (nSPS) is 51.8. The average Bonchev–Trinajstić information content (AvgIpc) is 3.38. The van der Waals surface area contributed by atoms with Crippen molar-refractivity contribution in [3.05, 3.63) is 0 Å². The Balaban J connectivity index is 1.25. The fraction of sp³-hybridized carbons (Fsp3) is 1.00. The molecule has 72 heavy (non-hydrogen) atoms. The number of hydrogen-bond donors (Lipinski definition) is 12. The van der Waals surface area contributed by atoms with Crippen LogP contribution in [0.3, 0.4) is 0 Å². The van der Waals surface area contributed by atoms with E-state index in [-0.39, 0.29) is 0 Å². The molecule has 0 saturated carbocycles. The van der Waals surface area contributed by atoms with Crippen LogP contribution >= 0.6 is 0 Å². The Hall–Kier alpha value is -1.20. The van der Waals surface area contributed by atoms with Crippen molar-refractivity contribution in [2.45, 2.75) is 184 Å². The highest BCUT2D eigenvalue weighted by molar-refractivity contribution is 5.02. The van der Waals surface area contributed by atoms with Crippen LogP contribution in [-0.4, -0.2) is 328 Å². The number of ether oxygens (including phenoxy) is 18. The first kappa shape index (κ1) is 58.5. The van der Waals surface area contributed by atoms with E-state index in [9.17, 15) is 61.3 Å². The third-order valence-corrected chi connectivity index (χ3v) is 14.1. The fourth-order valence-electron chi connectivity index (χ4n) is 10.5. The minimum atomic E-state index is -1.79. The Morgan fingerprint density at radius 1 is 0.236 bits per heavy atom. The van der Waals surface area contributed by atoms with E-state index in [0.717, 1.165) is 0 Å². The van der Waals surface area contributed by atoms with E-state index in [0.29, 0.717) is 0 Å². The Morgan fingerprint density at radius 3 is 0.458 bits per heavy atom. The highest BCUT2D eigenvalue weighted by Gasteiger charge is 2.60. The van der Waals surface area contributed by atoms with E-state index in [1.54, 1.807) is 0 Å². The standard InChI is InChI=1S/C42H72O30/c1-55-31-19(49)37-61-13(7-43)25(31)67-38-20(50)32(56-2)27(15(9-45)62-38)69-40-22(52)34(58-4)29(17(11-47)64-40)71-42-24(54)36(60-6)30(18(12-48)66-42)72-41-23(53)35(59-5)28(16(10-46)65-41)70-39-21(51)33(57-3)26(68-37)14(8-44)63-39/h13-54H,7-12H2,1-6H3/t13-,14-,15-,16-,17-,18-,19-,20-,21-,22-,23-,24-,25-,26-,27-,28-,29-,30-,31-,32-,33-,34-,35-,36-,37-,38-,39-,40-,41-,42-/m1/s1. The van der Waals surface area contributed by atoms with Crippen LogP contribution in [0.15, 0.2) is 0 Å². The Kier molecular flexibility index (Phi) is 21.1. The smallest absolute Gasteiger partial charge is 0.187 e. The van der Waals surface area contributed by atoms with Crippen molar-refractivity contribution in [2.24, 2.45) is 0 Å². The van der Waals surface area contributed by atoms with Gasteiger partial charge in [0, 0.05) is 42.7 Å². The molecule has 22 heterocycles. The topological polar surface area (TPSA) is 409 Å². The molecule has 0 radical (unpaired) electrons. The van der Waals surface area contributed by atoms with Gasteiger partial charge in [-0.25, -0.2) is 0 Å². The summed E-state index contributed by atoms with van der Waals surface area (Å²) in [6, 6.07) is 0. The summed E-state index contributed by atoms with van der Waals surface area (Å²) in [5.74, 6) is 0. The van der Waals surface area contributed by atoms with E-state index in [4.69, 9.17) is 85.3 Å². The molecule has 30 nitrogen and oxygen atoms in total. The first-order valence-electron chi connectivity index (χ1n) is 23.4. The molecular weight excluding hydrogens is 984 g/mol. The molecule has 12 N–H and O–H groups in total. The number of hydrogen-bond acceptors (Lipinski definition) is 30. The molecule has 0 aromatic rings. The van der Waals surface area contributed by atoms with Crippen LogP contribution in [-0.2, 0) is 85.3 Å². The summed E-state index contributed by atoms with van der Waals surface area (Å²) in [4.78, 5) is 0. The molecule has 0 spiro atoms. The number of rotatable bonds is 12. The van der Waals surface area contributed by atoms with Gasteiger partial charge in [0.05, 0.1) is 39.6 Å². The van der Waals surface area contributed by atoms with E-state index in [2.05, 4.69) is 0 Å². The van der Waals surface area contributed by atoms with Crippen molar-refractivity contribution in [2.75, 3.05) is 82.3 Å². The molecule has 22 aliphatic heterocycles. The maximum absolute atomic E-state index is 11.7. The first-order valence-corrected chi connectivity index (χ1v) is 23.4. The maximum Gasteiger partial charge on any atom is 0.187 e. The molecule has 12 bridgehead atoms. The maximum atomic E-state index is 11.7. The summed E-state index contributed by atoms with van der Waals surface area (Å²) in [5.41, 5.74) is 0. The van der Waals surface area contributed by atoms with Crippen molar-refractivity contribution in [3.63, 3.8) is 0 Å². The van der Waals surface area contributed by atoms with E-state index in [1.165, 1.54) is 42.7 Å². The predicted molar refractivity (Wildman–Crippen MR) is 225 cm³/mol. The van der Waals surface area contributed by atoms with Crippen LogP contribution in [0.4, 0.5) is 0 Å². The molecule has 420 valence electrons. The van der Waals surface area contributed by atoms with Crippen molar-refractivity contribution < 1.29 is 147 Å². The summed E-state index contributed by atoms with van der Waals surface area (Å²) in [6.07, 6.45) is -47.1. The highest BCUT2D eigenvalue weighted by atomic mass is 16.8. The van der Waals surface area contributed by atoms with Gasteiger partial charge in [-0.15, -0.1) is 0 Å². The minimum Gasteiger partial charge on any atom is -0.394 e. The summed E-state index contributed by atoms with van der Waals surface area (Å²) < 4.78 is 107. The number of aliphatic hydroxyl groups excluding tert-OH is 12. The molecule has 30 atom stereocenters. The summed E-state index contributed by atoms with van der Waals surface area (Å²) in [7, 11) is 7.17. The van der Waals surface area contributed by atoms with Crippen LogP contribution in [0, 0.1) is 0 Å². The van der Waals surface area contributed by atoms with Gasteiger partial charge in [-0.05, 0) is 0 Å². The van der Waals surface area contributed by atoms with Crippen LogP contribution in [0.1, 0.15) is 0 Å². The Morgan fingerprint density at radius 2 is 0.361 bits per heavy atom. The molecule has 0 unspecified atom stereocenters. The second kappa shape index (κ2) is 26.0. The van der Waals surface area contributed by atoms with E-state index in [1.807, 2.05) is 0 Å². The molecule has 0 aliphatic carbocycles. The van der Waals surface area contributed by atoms with Gasteiger partial charge in [0.2, 0.25) is 0 Å². The molecule has 22 saturated heterocycles. The molecule has 22 rings (SSSR count). The molecule has 0 aromatic heterocycles. The van der Waals surface area contributed by atoms with Crippen molar-refractivity contribution >= 4 is 0 Å². The predicted octanol–water partition coefficient (Wildman–Crippen LogP) is -9.13. The van der Waals surface area contributed by atoms with E-state index < -0.39 is 224 Å². The fourth-order valence-corrected chi connectivity index (χ4v) is 10.5. The van der Waals surface area contributed by atoms with E-state index >= 15 is 0 Å². The third kappa shape index (κ3) is 11.4. The summed E-state index contributed by atoms with van der Waals surface area (Å²) in [6.45, 7) is -4.90. The first-order chi connectivity index (χ1) is 34.6. The van der Waals surface area contributed by atoms with Gasteiger partial charge in [0.1, 0.15) is 146 Å². The Labute approximate surface area is 412 Å². The lowest BCUT2D eigenvalue weighted by Gasteiger charge is -2.52. The van der Waals surface area contributed by atoms with Gasteiger partial charge < -0.3 is 147 Å². The zero-order valence-corrected chi connectivity index (χ0v) is 40.3. The van der Waals surface area contributed by atoms with Crippen LogP contribution in [0.2, 0.25) is 0 Å². The van der Waals surface area contributed by atoms with Gasteiger partial charge in [0.15, 0.2) is 37.7 Å². The molecule has 30 heteroatoms. The zero-order chi connectivity index (χ0) is 52.3. The summed E-state index contributed by atoms with van der Waals surface area (Å²) in [5, 5.41) is 134. The van der Waals surface area contributed by atoms with Gasteiger partial charge >= 0.3 is 0 Å². The molecule has 0 amide bonds. The third-order valence-electron chi connectivity index (χ3n) is 14.1. The van der Waals surface area contributed by atoms with Gasteiger partial charge in [-0.3, -0.25) is 0 Å². The summed E-state index contributed by atoms with van der Waals surface area (Å²) >= 11 is 0.